The lowest BCUT2D eigenvalue weighted by molar-refractivity contribution is 0.174. The molecule has 0 bridgehead atoms. The van der Waals surface area contributed by atoms with Crippen molar-refractivity contribution in [2.24, 2.45) is 0 Å². The highest BCUT2D eigenvalue weighted by Gasteiger charge is 2.36. The fourth-order valence-corrected chi connectivity index (χ4v) is 4.58. The first-order chi connectivity index (χ1) is 18.1. The maximum absolute atomic E-state index is 13.3. The van der Waals surface area contributed by atoms with Gasteiger partial charge in [-0.25, -0.2) is 4.79 Å². The molecule has 0 radical (unpaired) electrons. The van der Waals surface area contributed by atoms with Crippen LogP contribution in [0.1, 0.15) is 30.0 Å². The number of allylic oxidation sites excluding steroid dienone is 1. The lowest BCUT2D eigenvalue weighted by Crippen LogP contribution is -2.45. The van der Waals surface area contributed by atoms with E-state index in [0.29, 0.717) is 29.8 Å². The van der Waals surface area contributed by atoms with Gasteiger partial charge in [0, 0.05) is 11.3 Å². The van der Waals surface area contributed by atoms with Crippen molar-refractivity contribution in [3.63, 3.8) is 0 Å². The molecule has 0 saturated carbocycles. The SMILES string of the molecule is COc1cccc(CN2C(=O)NC(c3ccccc3)C(c3nc(-c4ccc5c(c4)OCO5)no3)=C2C)c1. The van der Waals surface area contributed by atoms with E-state index in [9.17, 15) is 4.79 Å². The summed E-state index contributed by atoms with van der Waals surface area (Å²) in [6, 6.07) is 22.2. The van der Waals surface area contributed by atoms with E-state index in [1.165, 1.54) is 0 Å². The van der Waals surface area contributed by atoms with Gasteiger partial charge in [0.25, 0.3) is 5.89 Å². The molecule has 1 atom stereocenters. The molecule has 1 N–H and O–H groups in total. The molecule has 0 saturated heterocycles. The third-order valence-corrected chi connectivity index (χ3v) is 6.49. The number of nitrogens with one attached hydrogen (secondary N) is 1. The Morgan fingerprint density at radius 3 is 2.70 bits per heavy atom. The molecule has 0 fully saturated rings. The van der Waals surface area contributed by atoms with Gasteiger partial charge in [-0.15, -0.1) is 0 Å². The van der Waals surface area contributed by atoms with Gasteiger partial charge < -0.3 is 24.1 Å². The van der Waals surface area contributed by atoms with Gasteiger partial charge in [-0.3, -0.25) is 4.90 Å². The summed E-state index contributed by atoms with van der Waals surface area (Å²) in [6.45, 7) is 2.43. The highest BCUT2D eigenvalue weighted by Crippen LogP contribution is 2.39. The maximum Gasteiger partial charge on any atom is 0.322 e. The van der Waals surface area contributed by atoms with Crippen LogP contribution in [0.4, 0.5) is 4.79 Å². The van der Waals surface area contributed by atoms with E-state index in [0.717, 1.165) is 33.7 Å². The van der Waals surface area contributed by atoms with Gasteiger partial charge in [0.1, 0.15) is 5.75 Å². The summed E-state index contributed by atoms with van der Waals surface area (Å²) in [6.07, 6.45) is 0. The number of carbonyl (C=O) groups is 1. The van der Waals surface area contributed by atoms with Gasteiger partial charge in [-0.2, -0.15) is 4.98 Å². The number of aromatic nitrogens is 2. The first-order valence-corrected chi connectivity index (χ1v) is 11.8. The number of urea groups is 1. The smallest absolute Gasteiger partial charge is 0.322 e. The van der Waals surface area contributed by atoms with E-state index in [4.69, 9.17) is 23.7 Å². The Kier molecular flexibility index (Phi) is 5.72. The fraction of sp³-hybridized carbons (Fsp3) is 0.179. The number of methoxy groups -OCH3 is 1. The average molecular weight is 497 g/mol. The molecule has 0 spiro atoms. The number of ether oxygens (including phenoxy) is 3. The van der Waals surface area contributed by atoms with Crippen molar-refractivity contribution in [2.45, 2.75) is 19.5 Å². The minimum absolute atomic E-state index is 0.184. The average Bonchev–Trinajstić information content (AvgIpc) is 3.61. The molecule has 1 unspecified atom stereocenters. The number of fused-ring (bicyclic) bond motifs is 1. The van der Waals surface area contributed by atoms with E-state index < -0.39 is 6.04 Å². The Labute approximate surface area is 213 Å². The van der Waals surface area contributed by atoms with E-state index in [2.05, 4.69) is 10.5 Å². The fourth-order valence-electron chi connectivity index (χ4n) is 4.58. The number of hydrogen-bond acceptors (Lipinski definition) is 7. The number of hydrogen-bond donors (Lipinski definition) is 1. The number of rotatable bonds is 6. The van der Waals surface area contributed by atoms with E-state index in [1.807, 2.05) is 79.7 Å². The zero-order valence-electron chi connectivity index (χ0n) is 20.3. The lowest BCUT2D eigenvalue weighted by Gasteiger charge is -2.35. The van der Waals surface area contributed by atoms with Crippen LogP contribution in [0.3, 0.4) is 0 Å². The molecule has 6 rings (SSSR count). The third-order valence-electron chi connectivity index (χ3n) is 6.49. The number of carbonyl (C=O) groups excluding carboxylic acids is 1. The first kappa shape index (κ1) is 22.7. The van der Waals surface area contributed by atoms with Gasteiger partial charge in [0.2, 0.25) is 12.6 Å². The van der Waals surface area contributed by atoms with Crippen LogP contribution < -0.4 is 19.5 Å². The van der Waals surface area contributed by atoms with Crippen LogP contribution in [0.2, 0.25) is 0 Å². The van der Waals surface area contributed by atoms with Crippen molar-refractivity contribution in [3.05, 3.63) is 95.5 Å². The second kappa shape index (κ2) is 9.34. The molecule has 9 heteroatoms. The van der Waals surface area contributed by atoms with Gasteiger partial charge >= 0.3 is 6.03 Å². The zero-order valence-corrected chi connectivity index (χ0v) is 20.3. The second-order valence-electron chi connectivity index (χ2n) is 8.72. The molecule has 2 aliphatic heterocycles. The molecule has 3 aromatic carbocycles. The number of benzene rings is 3. The topological polar surface area (TPSA) is 99.0 Å². The predicted molar refractivity (Wildman–Crippen MR) is 135 cm³/mol. The van der Waals surface area contributed by atoms with Crippen LogP contribution in [0.15, 0.2) is 83.0 Å². The Morgan fingerprint density at radius 1 is 1.03 bits per heavy atom. The molecule has 4 aromatic rings. The maximum atomic E-state index is 13.3. The van der Waals surface area contributed by atoms with Crippen molar-refractivity contribution < 1.29 is 23.5 Å². The van der Waals surface area contributed by atoms with Gasteiger partial charge in [0.05, 0.1) is 25.3 Å². The summed E-state index contributed by atoms with van der Waals surface area (Å²) in [5, 5.41) is 7.36. The van der Waals surface area contributed by atoms with Crippen molar-refractivity contribution >= 4 is 11.6 Å². The molecule has 3 heterocycles. The predicted octanol–water partition coefficient (Wildman–Crippen LogP) is 5.17. The van der Waals surface area contributed by atoms with Crippen molar-refractivity contribution in [1.29, 1.82) is 0 Å². The molecule has 2 amide bonds. The normalized spacial score (nSPS) is 16.6. The second-order valence-corrected chi connectivity index (χ2v) is 8.72. The third kappa shape index (κ3) is 4.24. The first-order valence-electron chi connectivity index (χ1n) is 11.8. The summed E-state index contributed by atoms with van der Waals surface area (Å²) >= 11 is 0. The molecule has 186 valence electrons. The standard InChI is InChI=1S/C28H24N4O5/c1-17-24(27-30-26(31-37-27)20-11-12-22-23(14-20)36-16-35-22)25(19-8-4-3-5-9-19)29-28(33)32(17)15-18-7-6-10-21(13-18)34-2/h3-14,25H,15-16H2,1-2H3,(H,29,33). The van der Waals surface area contributed by atoms with Crippen LogP contribution in [-0.4, -0.2) is 35.0 Å². The Morgan fingerprint density at radius 2 is 1.86 bits per heavy atom. The van der Waals surface area contributed by atoms with E-state index in [-0.39, 0.29) is 12.8 Å². The number of nitrogens with zero attached hydrogens (tertiary/aromatic N) is 3. The van der Waals surface area contributed by atoms with Gasteiger partial charge in [-0.05, 0) is 48.4 Å². The van der Waals surface area contributed by atoms with E-state index in [1.54, 1.807) is 12.0 Å². The molecule has 0 aliphatic carbocycles. The molecule has 37 heavy (non-hydrogen) atoms. The minimum atomic E-state index is -0.458. The lowest BCUT2D eigenvalue weighted by atomic mass is 9.94. The van der Waals surface area contributed by atoms with Crippen LogP contribution >= 0.6 is 0 Å². The highest BCUT2D eigenvalue weighted by atomic mass is 16.7. The van der Waals surface area contributed by atoms with Crippen molar-refractivity contribution in [3.8, 4) is 28.6 Å². The summed E-state index contributed by atoms with van der Waals surface area (Å²) in [4.78, 5) is 19.7. The molecular formula is C28H24N4O5. The van der Waals surface area contributed by atoms with Crippen molar-refractivity contribution in [1.82, 2.24) is 20.4 Å². The van der Waals surface area contributed by atoms with Crippen molar-refractivity contribution in [2.75, 3.05) is 13.9 Å². The summed E-state index contributed by atoms with van der Waals surface area (Å²) in [7, 11) is 1.62. The quantitative estimate of drug-likeness (QED) is 0.393. The van der Waals surface area contributed by atoms with Crippen LogP contribution in [0.25, 0.3) is 17.0 Å². The van der Waals surface area contributed by atoms with E-state index >= 15 is 0 Å². The monoisotopic (exact) mass is 496 g/mol. The minimum Gasteiger partial charge on any atom is -0.497 e. The molecule has 2 aliphatic rings. The summed E-state index contributed by atoms with van der Waals surface area (Å²) < 4.78 is 22.0. The molecule has 1 aromatic heterocycles. The summed E-state index contributed by atoms with van der Waals surface area (Å²) in [5.41, 5.74) is 4.03. The van der Waals surface area contributed by atoms with Crippen LogP contribution in [-0.2, 0) is 6.54 Å². The number of amides is 2. The Bertz CT molecular complexity index is 1500. The zero-order chi connectivity index (χ0) is 25.4. The van der Waals surface area contributed by atoms with Crippen LogP contribution in [0, 0.1) is 0 Å². The largest absolute Gasteiger partial charge is 0.497 e. The van der Waals surface area contributed by atoms with Crippen LogP contribution in [0.5, 0.6) is 17.2 Å². The Balaban J connectivity index is 1.41. The molecular weight excluding hydrogens is 472 g/mol. The Hall–Kier alpha value is -4.79. The van der Waals surface area contributed by atoms with Gasteiger partial charge in [-0.1, -0.05) is 47.6 Å². The molecule has 9 nitrogen and oxygen atoms in total. The summed E-state index contributed by atoms with van der Waals surface area (Å²) in [5.74, 6) is 2.78. The highest BCUT2D eigenvalue weighted by molar-refractivity contribution is 5.87. The van der Waals surface area contributed by atoms with Gasteiger partial charge in [0.15, 0.2) is 11.5 Å².